The second-order valence-electron chi connectivity index (χ2n) is 4.97. The number of amides is 1. The van der Waals surface area contributed by atoms with Gasteiger partial charge in [-0.25, -0.2) is 0 Å². The number of fused-ring (bicyclic) bond motifs is 1. The number of hydrogen-bond acceptors (Lipinski definition) is 2. The van der Waals surface area contributed by atoms with Gasteiger partial charge in [0, 0.05) is 18.7 Å². The first-order valence-corrected chi connectivity index (χ1v) is 6.78. The second kappa shape index (κ2) is 5.37. The predicted octanol–water partition coefficient (Wildman–Crippen LogP) is 2.89. The lowest BCUT2D eigenvalue weighted by Gasteiger charge is -2.29. The maximum absolute atomic E-state index is 12.5. The van der Waals surface area contributed by atoms with Gasteiger partial charge in [0.2, 0.25) is 0 Å². The Morgan fingerprint density at radius 1 is 1.05 bits per heavy atom. The molecular formula is C17H17NO2. The monoisotopic (exact) mass is 267 g/mol. The first-order valence-electron chi connectivity index (χ1n) is 6.78. The van der Waals surface area contributed by atoms with Crippen molar-refractivity contribution in [3.63, 3.8) is 0 Å². The number of ether oxygens (including phenoxy) is 1. The molecule has 102 valence electrons. The summed E-state index contributed by atoms with van der Waals surface area (Å²) >= 11 is 0. The maximum atomic E-state index is 12.5. The molecule has 2 aromatic carbocycles. The molecule has 0 radical (unpaired) electrons. The highest BCUT2D eigenvalue weighted by atomic mass is 16.5. The van der Waals surface area contributed by atoms with Crippen LogP contribution in [0.4, 0.5) is 0 Å². The van der Waals surface area contributed by atoms with Crippen molar-refractivity contribution < 1.29 is 9.53 Å². The number of carbonyl (C=O) groups is 1. The predicted molar refractivity (Wildman–Crippen MR) is 77.9 cm³/mol. The van der Waals surface area contributed by atoms with E-state index in [4.69, 9.17) is 4.74 Å². The van der Waals surface area contributed by atoms with Gasteiger partial charge >= 0.3 is 0 Å². The minimum atomic E-state index is 0.0853. The Bertz CT molecular complexity index is 619. The SMILES string of the molecule is COc1ccc(C(=O)N2CCc3ccccc3C2)cc1. The molecule has 0 N–H and O–H groups in total. The topological polar surface area (TPSA) is 29.5 Å². The Hall–Kier alpha value is -2.29. The summed E-state index contributed by atoms with van der Waals surface area (Å²) in [6, 6.07) is 15.6. The lowest BCUT2D eigenvalue weighted by Crippen LogP contribution is -2.35. The van der Waals surface area contributed by atoms with Crippen LogP contribution in [0, 0.1) is 0 Å². The fraction of sp³-hybridized carbons (Fsp3) is 0.235. The van der Waals surface area contributed by atoms with Crippen LogP contribution in [-0.2, 0) is 13.0 Å². The molecule has 1 aliphatic heterocycles. The highest BCUT2D eigenvalue weighted by Crippen LogP contribution is 2.21. The Kier molecular flexibility index (Phi) is 3.42. The number of hydrogen-bond donors (Lipinski definition) is 0. The molecule has 0 atom stereocenters. The first kappa shape index (κ1) is 12.7. The van der Waals surface area contributed by atoms with Crippen LogP contribution in [0.2, 0.25) is 0 Å². The van der Waals surface area contributed by atoms with Gasteiger partial charge < -0.3 is 9.64 Å². The molecule has 20 heavy (non-hydrogen) atoms. The normalized spacial score (nSPS) is 13.8. The second-order valence-corrected chi connectivity index (χ2v) is 4.97. The number of benzene rings is 2. The molecule has 0 aliphatic carbocycles. The summed E-state index contributed by atoms with van der Waals surface area (Å²) in [6.45, 7) is 1.48. The molecule has 1 heterocycles. The fourth-order valence-corrected chi connectivity index (χ4v) is 2.59. The van der Waals surface area contributed by atoms with Crippen LogP contribution >= 0.6 is 0 Å². The van der Waals surface area contributed by atoms with Gasteiger partial charge in [-0.1, -0.05) is 24.3 Å². The third-order valence-electron chi connectivity index (χ3n) is 3.75. The summed E-state index contributed by atoms with van der Waals surface area (Å²) in [6.07, 6.45) is 0.929. The van der Waals surface area contributed by atoms with E-state index in [9.17, 15) is 4.79 Å². The lowest BCUT2D eigenvalue weighted by molar-refractivity contribution is 0.0734. The summed E-state index contributed by atoms with van der Waals surface area (Å²) < 4.78 is 5.12. The zero-order valence-electron chi connectivity index (χ0n) is 11.5. The lowest BCUT2D eigenvalue weighted by atomic mass is 9.99. The van der Waals surface area contributed by atoms with Crippen LogP contribution in [0.3, 0.4) is 0 Å². The van der Waals surface area contributed by atoms with E-state index in [1.807, 2.05) is 35.2 Å². The molecule has 3 heteroatoms. The Labute approximate surface area is 118 Å². The Balaban J connectivity index is 1.78. The molecule has 0 spiro atoms. The van der Waals surface area contributed by atoms with Gasteiger partial charge in [0.15, 0.2) is 0 Å². The average Bonchev–Trinajstić information content (AvgIpc) is 2.54. The van der Waals surface area contributed by atoms with Gasteiger partial charge in [-0.2, -0.15) is 0 Å². The molecule has 0 aromatic heterocycles. The molecule has 0 bridgehead atoms. The third kappa shape index (κ3) is 2.39. The summed E-state index contributed by atoms with van der Waals surface area (Å²) in [4.78, 5) is 14.4. The van der Waals surface area contributed by atoms with E-state index < -0.39 is 0 Å². The van der Waals surface area contributed by atoms with Crippen molar-refractivity contribution in [2.45, 2.75) is 13.0 Å². The van der Waals surface area contributed by atoms with Crippen molar-refractivity contribution in [1.82, 2.24) is 4.90 Å². The number of methoxy groups -OCH3 is 1. The Morgan fingerprint density at radius 2 is 1.75 bits per heavy atom. The van der Waals surface area contributed by atoms with Crippen molar-refractivity contribution in [2.75, 3.05) is 13.7 Å². The van der Waals surface area contributed by atoms with Gasteiger partial charge in [0.1, 0.15) is 5.75 Å². The van der Waals surface area contributed by atoms with Crippen LogP contribution in [0.15, 0.2) is 48.5 Å². The van der Waals surface area contributed by atoms with Crippen LogP contribution in [0.5, 0.6) is 5.75 Å². The van der Waals surface area contributed by atoms with Gasteiger partial charge in [0.05, 0.1) is 7.11 Å². The van der Waals surface area contributed by atoms with Crippen molar-refractivity contribution >= 4 is 5.91 Å². The molecular weight excluding hydrogens is 250 g/mol. The molecule has 0 fully saturated rings. The molecule has 2 aromatic rings. The molecule has 0 saturated heterocycles. The van der Waals surface area contributed by atoms with E-state index >= 15 is 0 Å². The maximum Gasteiger partial charge on any atom is 0.254 e. The highest BCUT2D eigenvalue weighted by Gasteiger charge is 2.21. The van der Waals surface area contributed by atoms with E-state index in [0.29, 0.717) is 12.1 Å². The number of rotatable bonds is 2. The zero-order chi connectivity index (χ0) is 13.9. The van der Waals surface area contributed by atoms with Crippen molar-refractivity contribution in [3.8, 4) is 5.75 Å². The van der Waals surface area contributed by atoms with Crippen LogP contribution in [0.25, 0.3) is 0 Å². The van der Waals surface area contributed by atoms with E-state index in [1.54, 1.807) is 7.11 Å². The van der Waals surface area contributed by atoms with E-state index in [2.05, 4.69) is 18.2 Å². The minimum Gasteiger partial charge on any atom is -0.497 e. The molecule has 3 rings (SSSR count). The van der Waals surface area contributed by atoms with Crippen LogP contribution < -0.4 is 4.74 Å². The Morgan fingerprint density at radius 3 is 2.45 bits per heavy atom. The van der Waals surface area contributed by atoms with E-state index in [-0.39, 0.29) is 5.91 Å². The first-order chi connectivity index (χ1) is 9.78. The molecule has 0 saturated carbocycles. The van der Waals surface area contributed by atoms with Crippen molar-refractivity contribution in [1.29, 1.82) is 0 Å². The number of nitrogens with zero attached hydrogens (tertiary/aromatic N) is 1. The van der Waals surface area contributed by atoms with Gasteiger partial charge in [-0.3, -0.25) is 4.79 Å². The van der Waals surface area contributed by atoms with Crippen LogP contribution in [0.1, 0.15) is 21.5 Å². The summed E-state index contributed by atoms with van der Waals surface area (Å²) in [5.41, 5.74) is 3.32. The summed E-state index contributed by atoms with van der Waals surface area (Å²) in [5, 5.41) is 0. The molecule has 1 amide bonds. The van der Waals surface area contributed by atoms with Gasteiger partial charge in [-0.05, 0) is 41.8 Å². The quantitative estimate of drug-likeness (QED) is 0.837. The summed E-state index contributed by atoms with van der Waals surface area (Å²) in [5.74, 6) is 0.854. The average molecular weight is 267 g/mol. The smallest absolute Gasteiger partial charge is 0.254 e. The standard InChI is InChI=1S/C17H17NO2/c1-20-16-8-6-14(7-9-16)17(19)18-11-10-13-4-2-3-5-15(13)12-18/h2-9H,10-12H2,1H3. The van der Waals surface area contributed by atoms with Crippen molar-refractivity contribution in [2.24, 2.45) is 0 Å². The zero-order valence-corrected chi connectivity index (χ0v) is 11.5. The van der Waals surface area contributed by atoms with Gasteiger partial charge in [0.25, 0.3) is 5.91 Å². The van der Waals surface area contributed by atoms with Gasteiger partial charge in [-0.15, -0.1) is 0 Å². The highest BCUT2D eigenvalue weighted by molar-refractivity contribution is 5.94. The largest absolute Gasteiger partial charge is 0.497 e. The third-order valence-corrected chi connectivity index (χ3v) is 3.75. The molecule has 1 aliphatic rings. The van der Waals surface area contributed by atoms with E-state index in [0.717, 1.165) is 18.7 Å². The van der Waals surface area contributed by atoms with Crippen molar-refractivity contribution in [3.05, 3.63) is 65.2 Å². The van der Waals surface area contributed by atoms with Crippen LogP contribution in [-0.4, -0.2) is 24.5 Å². The minimum absolute atomic E-state index is 0.0853. The number of carbonyl (C=O) groups excluding carboxylic acids is 1. The summed E-state index contributed by atoms with van der Waals surface area (Å²) in [7, 11) is 1.62. The molecule has 3 nitrogen and oxygen atoms in total. The van der Waals surface area contributed by atoms with E-state index in [1.165, 1.54) is 11.1 Å². The fourth-order valence-electron chi connectivity index (χ4n) is 2.59. The molecule has 0 unspecified atom stereocenters.